The number of aliphatic imine (C=N–C) groups is 1. The number of nitrogens with one attached hydrogen (secondary N) is 2. The van der Waals surface area contributed by atoms with Gasteiger partial charge in [-0.25, -0.2) is 9.98 Å². The molecule has 4 nitrogen and oxygen atoms in total. The molecule has 0 saturated carbocycles. The molecule has 126 valence electrons. The fourth-order valence-corrected chi connectivity index (χ4v) is 3.73. The molecule has 2 rings (SSSR count). The van der Waals surface area contributed by atoms with Gasteiger partial charge in [-0.15, -0.1) is 22.7 Å². The van der Waals surface area contributed by atoms with Gasteiger partial charge in [0.1, 0.15) is 5.01 Å². The smallest absolute Gasteiger partial charge is 0.357 e. The molecular weight excluding hydrogens is 413 g/mol. The third-order valence-electron chi connectivity index (χ3n) is 2.61. The molecule has 23 heavy (non-hydrogen) atoms. The summed E-state index contributed by atoms with van der Waals surface area (Å²) < 4.78 is 38.6. The maximum absolute atomic E-state index is 12.5. The van der Waals surface area contributed by atoms with E-state index in [-0.39, 0.29) is 6.54 Å². The molecule has 0 aliphatic rings. The highest BCUT2D eigenvalue weighted by atomic mass is 79.9. The largest absolute Gasteiger partial charge is 0.434 e. The van der Waals surface area contributed by atoms with Crippen LogP contribution >= 0.6 is 38.6 Å². The monoisotopic (exact) mass is 426 g/mol. The van der Waals surface area contributed by atoms with E-state index in [4.69, 9.17) is 0 Å². The van der Waals surface area contributed by atoms with Gasteiger partial charge >= 0.3 is 6.18 Å². The average Bonchev–Trinajstić information content (AvgIpc) is 3.10. The number of rotatable bonds is 5. The molecule has 0 aliphatic carbocycles. The van der Waals surface area contributed by atoms with Crippen LogP contribution in [0.15, 0.2) is 26.3 Å². The molecule has 0 saturated heterocycles. The zero-order chi connectivity index (χ0) is 16.9. The van der Waals surface area contributed by atoms with Gasteiger partial charge in [-0.2, -0.15) is 13.2 Å². The molecule has 2 aromatic heterocycles. The minimum Gasteiger partial charge on any atom is -0.357 e. The second kappa shape index (κ2) is 8.11. The van der Waals surface area contributed by atoms with E-state index in [0.29, 0.717) is 24.1 Å². The number of guanidine groups is 1. The van der Waals surface area contributed by atoms with Gasteiger partial charge in [0.25, 0.3) is 0 Å². The fraction of sp³-hybridized carbons (Fsp3) is 0.385. The lowest BCUT2D eigenvalue weighted by Crippen LogP contribution is -2.36. The van der Waals surface area contributed by atoms with Gasteiger partial charge in [-0.3, -0.25) is 0 Å². The molecule has 0 atom stereocenters. The lowest BCUT2D eigenvalue weighted by Gasteiger charge is -2.09. The topological polar surface area (TPSA) is 49.3 Å². The van der Waals surface area contributed by atoms with Crippen molar-refractivity contribution in [3.63, 3.8) is 0 Å². The van der Waals surface area contributed by atoms with Crippen molar-refractivity contribution < 1.29 is 13.2 Å². The summed E-state index contributed by atoms with van der Waals surface area (Å²) in [5.74, 6) is 0.542. The Hall–Kier alpha value is -1.13. The Kier molecular flexibility index (Phi) is 6.42. The molecule has 2 heterocycles. The first-order chi connectivity index (χ1) is 10.9. The minimum atomic E-state index is -4.40. The Bertz CT molecular complexity index is 666. The number of aromatic nitrogens is 1. The summed E-state index contributed by atoms with van der Waals surface area (Å²) >= 11 is 5.94. The highest BCUT2D eigenvalue weighted by molar-refractivity contribution is 9.10. The quantitative estimate of drug-likeness (QED) is 0.555. The van der Waals surface area contributed by atoms with Crippen molar-refractivity contribution in [2.75, 3.05) is 6.54 Å². The maximum atomic E-state index is 12.5. The predicted octanol–water partition coefficient (Wildman–Crippen LogP) is 4.24. The molecule has 2 N–H and O–H groups in total. The Balaban J connectivity index is 1.95. The Morgan fingerprint density at radius 2 is 2.09 bits per heavy atom. The van der Waals surface area contributed by atoms with Gasteiger partial charge in [0.05, 0.1) is 13.1 Å². The van der Waals surface area contributed by atoms with E-state index in [1.807, 2.05) is 18.4 Å². The van der Waals surface area contributed by atoms with E-state index in [1.54, 1.807) is 11.3 Å². The number of alkyl halides is 3. The summed E-state index contributed by atoms with van der Waals surface area (Å²) in [6, 6.07) is 1.98. The molecular formula is C13H14BrF3N4S2. The van der Waals surface area contributed by atoms with Gasteiger partial charge in [0.15, 0.2) is 11.7 Å². The van der Waals surface area contributed by atoms with Crippen molar-refractivity contribution in [3.8, 4) is 0 Å². The second-order valence-electron chi connectivity index (χ2n) is 4.40. The molecule has 0 fully saturated rings. The first-order valence-corrected chi connectivity index (χ1v) is 9.20. The van der Waals surface area contributed by atoms with Gasteiger partial charge in [0, 0.05) is 26.7 Å². The zero-order valence-corrected chi connectivity index (χ0v) is 15.3. The summed E-state index contributed by atoms with van der Waals surface area (Å²) in [5.41, 5.74) is -0.857. The van der Waals surface area contributed by atoms with Crippen molar-refractivity contribution in [1.29, 1.82) is 0 Å². The van der Waals surface area contributed by atoms with E-state index in [1.165, 1.54) is 0 Å². The van der Waals surface area contributed by atoms with Crippen molar-refractivity contribution in [3.05, 3.63) is 36.9 Å². The number of halogens is 4. The van der Waals surface area contributed by atoms with Gasteiger partial charge in [0.2, 0.25) is 0 Å². The van der Waals surface area contributed by atoms with Crippen molar-refractivity contribution in [2.24, 2.45) is 4.99 Å². The average molecular weight is 427 g/mol. The molecule has 0 bridgehead atoms. The van der Waals surface area contributed by atoms with Crippen molar-refractivity contribution in [2.45, 2.75) is 26.2 Å². The first kappa shape index (κ1) is 18.2. The fourth-order valence-electron chi connectivity index (χ4n) is 1.62. The van der Waals surface area contributed by atoms with Crippen LogP contribution in [0.2, 0.25) is 0 Å². The van der Waals surface area contributed by atoms with Crippen LogP contribution in [0.1, 0.15) is 22.5 Å². The van der Waals surface area contributed by atoms with Gasteiger partial charge in [-0.05, 0) is 28.9 Å². The maximum Gasteiger partial charge on any atom is 0.434 e. The first-order valence-electron chi connectivity index (χ1n) is 6.65. The third-order valence-corrected chi connectivity index (χ3v) is 5.14. The van der Waals surface area contributed by atoms with E-state index in [2.05, 4.69) is 36.5 Å². The van der Waals surface area contributed by atoms with Crippen LogP contribution < -0.4 is 10.6 Å². The van der Waals surface area contributed by atoms with Crippen LogP contribution in [0.4, 0.5) is 13.2 Å². The molecule has 0 amide bonds. The zero-order valence-electron chi connectivity index (χ0n) is 12.1. The summed E-state index contributed by atoms with van der Waals surface area (Å²) in [6.45, 7) is 3.27. The molecule has 0 aromatic carbocycles. The van der Waals surface area contributed by atoms with E-state index < -0.39 is 11.9 Å². The van der Waals surface area contributed by atoms with Crippen molar-refractivity contribution in [1.82, 2.24) is 15.6 Å². The lowest BCUT2D eigenvalue weighted by atomic mass is 10.5. The molecule has 0 radical (unpaired) electrons. The van der Waals surface area contributed by atoms with Crippen molar-refractivity contribution >= 4 is 44.6 Å². The highest BCUT2D eigenvalue weighted by Gasteiger charge is 2.33. The Morgan fingerprint density at radius 1 is 1.30 bits per heavy atom. The number of thiazole rings is 1. The molecule has 0 aliphatic heterocycles. The SMILES string of the molecule is CCNC(=NCc1cc(Br)cs1)NCc1nc(C(F)(F)F)cs1. The van der Waals surface area contributed by atoms with Crippen LogP contribution in [-0.2, 0) is 19.3 Å². The van der Waals surface area contributed by atoms with E-state index in [0.717, 1.165) is 26.1 Å². The normalized spacial score (nSPS) is 12.5. The Morgan fingerprint density at radius 3 is 2.65 bits per heavy atom. The minimum absolute atomic E-state index is 0.195. The summed E-state index contributed by atoms with van der Waals surface area (Å²) in [4.78, 5) is 9.07. The van der Waals surface area contributed by atoms with Gasteiger partial charge < -0.3 is 10.6 Å². The molecule has 10 heteroatoms. The number of nitrogens with zero attached hydrogens (tertiary/aromatic N) is 2. The molecule has 0 spiro atoms. The Labute approximate surface area is 148 Å². The van der Waals surface area contributed by atoms with E-state index in [9.17, 15) is 13.2 Å². The van der Waals surface area contributed by atoms with E-state index >= 15 is 0 Å². The summed E-state index contributed by atoms with van der Waals surface area (Å²) in [5, 5.41) is 9.40. The number of hydrogen-bond acceptors (Lipinski definition) is 4. The molecule has 0 unspecified atom stereocenters. The predicted molar refractivity (Wildman–Crippen MR) is 90.8 cm³/mol. The number of thiophene rings is 1. The molecule has 2 aromatic rings. The second-order valence-corrected chi connectivity index (χ2v) is 7.26. The van der Waals surface area contributed by atoms with Crippen LogP contribution in [0.3, 0.4) is 0 Å². The third kappa shape index (κ3) is 5.78. The summed E-state index contributed by atoms with van der Waals surface area (Å²) in [6.07, 6.45) is -4.40. The van der Waals surface area contributed by atoms with Crippen LogP contribution in [-0.4, -0.2) is 17.5 Å². The summed E-state index contributed by atoms with van der Waals surface area (Å²) in [7, 11) is 0. The van der Waals surface area contributed by atoms with Crippen LogP contribution in [0.25, 0.3) is 0 Å². The number of hydrogen-bond donors (Lipinski definition) is 2. The van der Waals surface area contributed by atoms with Crippen LogP contribution in [0, 0.1) is 0 Å². The van der Waals surface area contributed by atoms with Crippen LogP contribution in [0.5, 0.6) is 0 Å². The lowest BCUT2D eigenvalue weighted by molar-refractivity contribution is -0.140. The highest BCUT2D eigenvalue weighted by Crippen LogP contribution is 2.29. The standard InChI is InChI=1S/C13H14BrF3N4S2/c1-2-18-12(19-4-9-3-8(14)6-22-9)20-5-11-21-10(7-23-11)13(15,16)17/h3,6-7H,2,4-5H2,1H3,(H2,18,19,20). The van der Waals surface area contributed by atoms with Gasteiger partial charge in [-0.1, -0.05) is 0 Å².